The minimum atomic E-state index is 0.0125. The Kier molecular flexibility index (Phi) is 3.81. The monoisotopic (exact) mass is 248 g/mol. The van der Waals surface area contributed by atoms with E-state index in [1.807, 2.05) is 19.9 Å². The summed E-state index contributed by atoms with van der Waals surface area (Å²) in [6.45, 7) is 7.15. The zero-order valence-electron chi connectivity index (χ0n) is 11.0. The Morgan fingerprint density at radius 2 is 2.00 bits per heavy atom. The van der Waals surface area contributed by atoms with Gasteiger partial charge in [0.15, 0.2) is 0 Å². The molecule has 98 valence electrons. The molecule has 1 atom stereocenters. The van der Waals surface area contributed by atoms with Gasteiger partial charge < -0.3 is 15.5 Å². The van der Waals surface area contributed by atoms with Crippen LogP contribution < -0.4 is 10.6 Å². The van der Waals surface area contributed by atoms with E-state index in [0.717, 1.165) is 49.7 Å². The largest absolute Gasteiger partial charge is 0.353 e. The van der Waals surface area contributed by atoms with Gasteiger partial charge in [-0.2, -0.15) is 0 Å². The van der Waals surface area contributed by atoms with Crippen molar-refractivity contribution in [3.05, 3.63) is 23.4 Å². The second kappa shape index (κ2) is 5.35. The molecule has 5 heteroatoms. The lowest BCUT2D eigenvalue weighted by molar-refractivity contribution is -0.118. The van der Waals surface area contributed by atoms with Crippen molar-refractivity contribution in [1.82, 2.24) is 9.88 Å². The van der Waals surface area contributed by atoms with Crippen molar-refractivity contribution in [3.8, 4) is 0 Å². The van der Waals surface area contributed by atoms with E-state index in [1.54, 1.807) is 4.90 Å². The minimum absolute atomic E-state index is 0.0125. The van der Waals surface area contributed by atoms with Crippen LogP contribution in [0.5, 0.6) is 0 Å². The molecule has 1 amide bonds. The van der Waals surface area contributed by atoms with Crippen molar-refractivity contribution in [1.29, 1.82) is 0 Å². The zero-order chi connectivity index (χ0) is 13.1. The third-order valence-electron chi connectivity index (χ3n) is 3.39. The number of aromatic nitrogens is 1. The molecular weight excluding hydrogens is 228 g/mol. The highest BCUT2D eigenvalue weighted by molar-refractivity contribution is 5.49. The van der Waals surface area contributed by atoms with Crippen molar-refractivity contribution in [2.75, 3.05) is 31.1 Å². The Balaban J connectivity index is 2.10. The predicted molar refractivity (Wildman–Crippen MR) is 71.4 cm³/mol. The highest BCUT2D eigenvalue weighted by Gasteiger charge is 2.17. The molecule has 1 aliphatic heterocycles. The lowest BCUT2D eigenvalue weighted by Crippen LogP contribution is -2.46. The molecule has 18 heavy (non-hydrogen) atoms. The zero-order valence-corrected chi connectivity index (χ0v) is 11.0. The summed E-state index contributed by atoms with van der Waals surface area (Å²) in [5.41, 5.74) is 7.95. The normalized spacial score (nSPS) is 17.7. The van der Waals surface area contributed by atoms with Crippen LogP contribution in [0.1, 0.15) is 24.2 Å². The molecule has 1 fully saturated rings. The summed E-state index contributed by atoms with van der Waals surface area (Å²) >= 11 is 0. The number of aryl methyl sites for hydroxylation is 1. The topological polar surface area (TPSA) is 62.5 Å². The maximum atomic E-state index is 10.7. The number of hydrogen-bond acceptors (Lipinski definition) is 4. The lowest BCUT2D eigenvalue weighted by atomic mass is 10.1. The quantitative estimate of drug-likeness (QED) is 0.799. The van der Waals surface area contributed by atoms with E-state index in [9.17, 15) is 4.79 Å². The van der Waals surface area contributed by atoms with Gasteiger partial charge in [-0.15, -0.1) is 0 Å². The third kappa shape index (κ3) is 2.61. The highest BCUT2D eigenvalue weighted by atomic mass is 16.1. The van der Waals surface area contributed by atoms with Crippen molar-refractivity contribution in [2.45, 2.75) is 19.9 Å². The van der Waals surface area contributed by atoms with E-state index < -0.39 is 0 Å². The number of rotatable bonds is 3. The third-order valence-corrected chi connectivity index (χ3v) is 3.39. The maximum Gasteiger partial charge on any atom is 0.209 e. The average Bonchev–Trinajstić information content (AvgIpc) is 2.38. The molecule has 0 spiro atoms. The van der Waals surface area contributed by atoms with Crippen molar-refractivity contribution >= 4 is 12.2 Å². The second-order valence-electron chi connectivity index (χ2n) is 4.76. The fourth-order valence-corrected chi connectivity index (χ4v) is 2.27. The van der Waals surface area contributed by atoms with Crippen LogP contribution in [0.25, 0.3) is 0 Å². The van der Waals surface area contributed by atoms with Crippen LogP contribution in [0.2, 0.25) is 0 Å². The van der Waals surface area contributed by atoms with Gasteiger partial charge in [0.05, 0.1) is 0 Å². The molecule has 2 heterocycles. The van der Waals surface area contributed by atoms with Crippen LogP contribution in [0.3, 0.4) is 0 Å². The standard InChI is InChI=1S/C13H20N4O/c1-10(14)12-3-4-13(15-11(12)2)17-7-5-16(9-18)6-8-17/h3-4,9-10H,5-8,14H2,1-2H3/t10-/m1/s1. The Morgan fingerprint density at radius 1 is 1.33 bits per heavy atom. The maximum absolute atomic E-state index is 10.7. The molecule has 5 nitrogen and oxygen atoms in total. The van der Waals surface area contributed by atoms with Gasteiger partial charge in [0.1, 0.15) is 5.82 Å². The van der Waals surface area contributed by atoms with Crippen LogP contribution in [0, 0.1) is 6.92 Å². The van der Waals surface area contributed by atoms with Gasteiger partial charge in [-0.05, 0) is 25.5 Å². The molecule has 1 aromatic heterocycles. The van der Waals surface area contributed by atoms with E-state index in [2.05, 4.69) is 16.0 Å². The molecular formula is C13H20N4O. The number of nitrogens with two attached hydrogens (primary N) is 1. The van der Waals surface area contributed by atoms with Gasteiger partial charge in [0.25, 0.3) is 0 Å². The molecule has 1 aliphatic rings. The summed E-state index contributed by atoms with van der Waals surface area (Å²) in [5, 5.41) is 0. The molecule has 0 aliphatic carbocycles. The van der Waals surface area contributed by atoms with Crippen molar-refractivity contribution in [2.24, 2.45) is 5.73 Å². The van der Waals surface area contributed by atoms with Crippen LogP contribution in [-0.4, -0.2) is 42.5 Å². The number of nitrogens with zero attached hydrogens (tertiary/aromatic N) is 3. The molecule has 0 bridgehead atoms. The van der Waals surface area contributed by atoms with Crippen LogP contribution in [-0.2, 0) is 4.79 Å². The SMILES string of the molecule is Cc1nc(N2CCN(C=O)CC2)ccc1[C@@H](C)N. The number of hydrogen-bond donors (Lipinski definition) is 1. The van der Waals surface area contributed by atoms with Gasteiger partial charge in [-0.3, -0.25) is 4.79 Å². The van der Waals surface area contributed by atoms with E-state index >= 15 is 0 Å². The summed E-state index contributed by atoms with van der Waals surface area (Å²) < 4.78 is 0. The highest BCUT2D eigenvalue weighted by Crippen LogP contribution is 2.19. The van der Waals surface area contributed by atoms with Crippen LogP contribution in [0.15, 0.2) is 12.1 Å². The predicted octanol–water partition coefficient (Wildman–Crippen LogP) is 0.688. The molecule has 2 N–H and O–H groups in total. The first-order valence-corrected chi connectivity index (χ1v) is 6.29. The molecule has 0 saturated carbocycles. The molecule has 0 radical (unpaired) electrons. The summed E-state index contributed by atoms with van der Waals surface area (Å²) in [6, 6.07) is 4.08. The summed E-state index contributed by atoms with van der Waals surface area (Å²) in [5.74, 6) is 0.974. The van der Waals surface area contributed by atoms with Gasteiger partial charge >= 0.3 is 0 Å². The average molecular weight is 248 g/mol. The van der Waals surface area contributed by atoms with Gasteiger partial charge in [-0.1, -0.05) is 6.07 Å². The van der Waals surface area contributed by atoms with Gasteiger partial charge in [-0.25, -0.2) is 4.98 Å². The summed E-state index contributed by atoms with van der Waals surface area (Å²) in [6.07, 6.45) is 0.912. The number of piperazine rings is 1. The first-order valence-electron chi connectivity index (χ1n) is 6.29. The van der Waals surface area contributed by atoms with E-state index in [0.29, 0.717) is 0 Å². The van der Waals surface area contributed by atoms with Gasteiger partial charge in [0, 0.05) is 37.9 Å². The molecule has 1 saturated heterocycles. The second-order valence-corrected chi connectivity index (χ2v) is 4.76. The number of pyridine rings is 1. The Morgan fingerprint density at radius 3 is 2.50 bits per heavy atom. The smallest absolute Gasteiger partial charge is 0.209 e. The molecule has 0 unspecified atom stereocenters. The van der Waals surface area contributed by atoms with E-state index in [-0.39, 0.29) is 6.04 Å². The summed E-state index contributed by atoms with van der Waals surface area (Å²) in [7, 11) is 0. The Bertz CT molecular complexity index is 425. The van der Waals surface area contributed by atoms with E-state index in [4.69, 9.17) is 5.73 Å². The summed E-state index contributed by atoms with van der Waals surface area (Å²) in [4.78, 5) is 19.3. The van der Waals surface area contributed by atoms with Crippen molar-refractivity contribution < 1.29 is 4.79 Å². The Hall–Kier alpha value is -1.62. The minimum Gasteiger partial charge on any atom is -0.353 e. The first-order chi connectivity index (χ1) is 8.61. The fourth-order valence-electron chi connectivity index (χ4n) is 2.27. The lowest BCUT2D eigenvalue weighted by Gasteiger charge is -2.33. The molecule has 2 rings (SSSR count). The molecule has 1 aromatic rings. The van der Waals surface area contributed by atoms with Crippen LogP contribution in [0.4, 0.5) is 5.82 Å². The van der Waals surface area contributed by atoms with Gasteiger partial charge in [0.2, 0.25) is 6.41 Å². The number of carbonyl (C=O) groups is 1. The molecule has 0 aromatic carbocycles. The van der Waals surface area contributed by atoms with E-state index in [1.165, 1.54) is 0 Å². The van der Waals surface area contributed by atoms with Crippen LogP contribution >= 0.6 is 0 Å². The Labute approximate surface area is 108 Å². The number of amides is 1. The van der Waals surface area contributed by atoms with Crippen molar-refractivity contribution in [3.63, 3.8) is 0 Å². The fraction of sp³-hybridized carbons (Fsp3) is 0.538. The number of anilines is 1. The number of carbonyl (C=O) groups excluding carboxylic acids is 1. The first kappa shape index (κ1) is 12.8.